The van der Waals surface area contributed by atoms with E-state index in [1.165, 1.54) is 0 Å². The maximum absolute atomic E-state index is 12.0. The number of halogens is 2. The fourth-order valence-electron chi connectivity index (χ4n) is 1.81. The van der Waals surface area contributed by atoms with E-state index in [2.05, 4.69) is 26.2 Å². The van der Waals surface area contributed by atoms with Gasteiger partial charge in [0.2, 0.25) is 0 Å². The highest BCUT2D eigenvalue weighted by molar-refractivity contribution is 9.10. The number of amides is 1. The van der Waals surface area contributed by atoms with Crippen molar-refractivity contribution in [2.24, 2.45) is 0 Å². The monoisotopic (exact) mass is 355 g/mol. The van der Waals surface area contributed by atoms with Crippen LogP contribution in [0.1, 0.15) is 23.2 Å². The number of carbonyl (C=O) groups excluding carboxylic acids is 1. The summed E-state index contributed by atoms with van der Waals surface area (Å²) >= 11 is 9.39. The summed E-state index contributed by atoms with van der Waals surface area (Å²) in [5, 5.41) is 3.33. The number of hydrogen-bond acceptors (Lipinski definition) is 2. The molecule has 0 fully saturated rings. The van der Waals surface area contributed by atoms with Crippen LogP contribution < -0.4 is 5.32 Å². The van der Waals surface area contributed by atoms with Crippen LogP contribution in [0.2, 0.25) is 5.02 Å². The molecule has 106 valence electrons. The van der Waals surface area contributed by atoms with Crippen LogP contribution in [0.5, 0.6) is 0 Å². The number of aryl methyl sites for hydroxylation is 1. The van der Waals surface area contributed by atoms with E-state index in [-0.39, 0.29) is 5.91 Å². The van der Waals surface area contributed by atoms with Gasteiger partial charge in [-0.3, -0.25) is 4.79 Å². The van der Waals surface area contributed by atoms with Gasteiger partial charge in [-0.15, -0.1) is 0 Å². The molecule has 0 saturated heterocycles. The first-order valence-electron chi connectivity index (χ1n) is 6.36. The molecule has 2 aromatic rings. The van der Waals surface area contributed by atoms with Crippen molar-refractivity contribution in [3.05, 3.63) is 52.0 Å². The van der Waals surface area contributed by atoms with E-state index in [0.29, 0.717) is 17.1 Å². The zero-order valence-corrected chi connectivity index (χ0v) is 13.2. The van der Waals surface area contributed by atoms with Crippen molar-refractivity contribution in [3.63, 3.8) is 0 Å². The number of aromatic nitrogens is 2. The summed E-state index contributed by atoms with van der Waals surface area (Å²) in [6.45, 7) is 1.55. The van der Waals surface area contributed by atoms with Crippen LogP contribution in [0.25, 0.3) is 0 Å². The van der Waals surface area contributed by atoms with E-state index in [9.17, 15) is 4.79 Å². The number of rotatable bonds is 6. The standard InChI is InChI=1S/C14H15BrClN3O/c15-12-5-3-4-11(13(12)16)14(20)18-6-1-2-8-19-9-7-17-10-19/h3-5,7,9-10H,1-2,6,8H2,(H,18,20). The molecule has 0 spiro atoms. The quantitative estimate of drug-likeness (QED) is 0.805. The lowest BCUT2D eigenvalue weighted by Crippen LogP contribution is -2.25. The first kappa shape index (κ1) is 15.1. The van der Waals surface area contributed by atoms with Gasteiger partial charge in [0.1, 0.15) is 0 Å². The molecule has 0 radical (unpaired) electrons. The van der Waals surface area contributed by atoms with Crippen LogP contribution in [-0.4, -0.2) is 22.0 Å². The van der Waals surface area contributed by atoms with E-state index in [0.717, 1.165) is 23.9 Å². The van der Waals surface area contributed by atoms with Gasteiger partial charge in [0, 0.05) is 30.0 Å². The van der Waals surface area contributed by atoms with Gasteiger partial charge in [-0.25, -0.2) is 4.98 Å². The van der Waals surface area contributed by atoms with Crippen LogP contribution in [-0.2, 0) is 6.54 Å². The summed E-state index contributed by atoms with van der Waals surface area (Å²) in [5.74, 6) is -0.140. The SMILES string of the molecule is O=C(NCCCCn1ccnc1)c1cccc(Br)c1Cl. The first-order valence-corrected chi connectivity index (χ1v) is 7.53. The van der Waals surface area contributed by atoms with Gasteiger partial charge in [0.25, 0.3) is 5.91 Å². The van der Waals surface area contributed by atoms with Crippen LogP contribution in [0.3, 0.4) is 0 Å². The fourth-order valence-corrected chi connectivity index (χ4v) is 2.39. The largest absolute Gasteiger partial charge is 0.352 e. The number of hydrogen-bond donors (Lipinski definition) is 1. The molecular weight excluding hydrogens is 342 g/mol. The number of carbonyl (C=O) groups is 1. The average Bonchev–Trinajstić information content (AvgIpc) is 2.94. The molecule has 1 amide bonds. The number of nitrogens with one attached hydrogen (secondary N) is 1. The highest BCUT2D eigenvalue weighted by Gasteiger charge is 2.11. The van der Waals surface area contributed by atoms with E-state index < -0.39 is 0 Å². The molecule has 2 rings (SSSR count). The van der Waals surface area contributed by atoms with Gasteiger partial charge in [0.05, 0.1) is 16.9 Å². The lowest BCUT2D eigenvalue weighted by Gasteiger charge is -2.08. The molecule has 1 aromatic heterocycles. The van der Waals surface area contributed by atoms with Crippen molar-refractivity contribution in [3.8, 4) is 0 Å². The number of unbranched alkanes of at least 4 members (excludes halogenated alkanes) is 1. The van der Waals surface area contributed by atoms with Crippen LogP contribution in [0.4, 0.5) is 0 Å². The van der Waals surface area contributed by atoms with Gasteiger partial charge in [0.15, 0.2) is 0 Å². The summed E-state index contributed by atoms with van der Waals surface area (Å²) < 4.78 is 2.75. The van der Waals surface area contributed by atoms with Gasteiger partial charge in [-0.05, 0) is 40.9 Å². The Morgan fingerprint density at radius 2 is 2.25 bits per heavy atom. The predicted molar refractivity (Wildman–Crippen MR) is 82.9 cm³/mol. The first-order chi connectivity index (χ1) is 9.68. The maximum Gasteiger partial charge on any atom is 0.252 e. The second-order valence-corrected chi connectivity index (χ2v) is 5.60. The smallest absolute Gasteiger partial charge is 0.252 e. The molecule has 20 heavy (non-hydrogen) atoms. The average molecular weight is 357 g/mol. The maximum atomic E-state index is 12.0. The van der Waals surface area contributed by atoms with Crippen molar-refractivity contribution in [1.29, 1.82) is 0 Å². The minimum atomic E-state index is -0.140. The third-order valence-corrected chi connectivity index (χ3v) is 4.18. The highest BCUT2D eigenvalue weighted by Crippen LogP contribution is 2.25. The number of nitrogens with zero attached hydrogens (tertiary/aromatic N) is 2. The number of imidazole rings is 1. The summed E-state index contributed by atoms with van der Waals surface area (Å²) in [6, 6.07) is 5.32. The van der Waals surface area contributed by atoms with E-state index >= 15 is 0 Å². The molecule has 0 aliphatic rings. The summed E-state index contributed by atoms with van der Waals surface area (Å²) in [5.41, 5.74) is 0.496. The van der Waals surface area contributed by atoms with Gasteiger partial charge < -0.3 is 9.88 Å². The van der Waals surface area contributed by atoms with E-state index in [1.807, 2.05) is 16.8 Å². The molecule has 0 unspecified atom stereocenters. The third kappa shape index (κ3) is 4.08. The molecule has 0 aliphatic heterocycles. The lowest BCUT2D eigenvalue weighted by atomic mass is 10.2. The second kappa shape index (κ2) is 7.45. The minimum Gasteiger partial charge on any atom is -0.352 e. The predicted octanol–water partition coefficient (Wildman–Crippen LogP) is 3.51. The summed E-state index contributed by atoms with van der Waals surface area (Å²) in [7, 11) is 0. The highest BCUT2D eigenvalue weighted by atomic mass is 79.9. The zero-order chi connectivity index (χ0) is 14.4. The van der Waals surface area contributed by atoms with Crippen molar-refractivity contribution in [2.75, 3.05) is 6.54 Å². The molecule has 0 aliphatic carbocycles. The van der Waals surface area contributed by atoms with Crippen LogP contribution >= 0.6 is 27.5 Å². The van der Waals surface area contributed by atoms with Crippen molar-refractivity contribution < 1.29 is 4.79 Å². The normalized spacial score (nSPS) is 10.5. The van der Waals surface area contributed by atoms with Gasteiger partial charge >= 0.3 is 0 Å². The van der Waals surface area contributed by atoms with E-state index in [1.54, 1.807) is 24.7 Å². The Morgan fingerprint density at radius 1 is 1.40 bits per heavy atom. The van der Waals surface area contributed by atoms with Crippen molar-refractivity contribution in [1.82, 2.24) is 14.9 Å². The lowest BCUT2D eigenvalue weighted by molar-refractivity contribution is 0.0953. The Morgan fingerprint density at radius 3 is 3.00 bits per heavy atom. The van der Waals surface area contributed by atoms with Crippen LogP contribution in [0, 0.1) is 0 Å². The summed E-state index contributed by atoms with van der Waals surface area (Å²) in [6.07, 6.45) is 7.38. The second-order valence-electron chi connectivity index (χ2n) is 4.36. The van der Waals surface area contributed by atoms with E-state index in [4.69, 9.17) is 11.6 Å². The fraction of sp³-hybridized carbons (Fsp3) is 0.286. The molecule has 1 N–H and O–H groups in total. The zero-order valence-electron chi connectivity index (χ0n) is 10.9. The Kier molecular flexibility index (Phi) is 5.61. The molecule has 4 nitrogen and oxygen atoms in total. The Balaban J connectivity index is 1.74. The Bertz CT molecular complexity index is 572. The molecule has 1 heterocycles. The summed E-state index contributed by atoms with van der Waals surface area (Å²) in [4.78, 5) is 16.0. The van der Waals surface area contributed by atoms with Crippen molar-refractivity contribution >= 4 is 33.4 Å². The topological polar surface area (TPSA) is 46.9 Å². The molecular formula is C14H15BrClN3O. The third-order valence-electron chi connectivity index (χ3n) is 2.88. The van der Waals surface area contributed by atoms with Crippen molar-refractivity contribution in [2.45, 2.75) is 19.4 Å². The molecule has 0 bridgehead atoms. The Hall–Kier alpha value is -1.33. The number of benzene rings is 1. The Labute approximate surface area is 131 Å². The molecule has 0 atom stereocenters. The van der Waals surface area contributed by atoms with Gasteiger partial charge in [-0.1, -0.05) is 17.7 Å². The van der Waals surface area contributed by atoms with Crippen LogP contribution in [0.15, 0.2) is 41.4 Å². The molecule has 6 heteroatoms. The minimum absolute atomic E-state index is 0.140. The van der Waals surface area contributed by atoms with Gasteiger partial charge in [-0.2, -0.15) is 0 Å². The molecule has 0 saturated carbocycles. The molecule has 1 aromatic carbocycles.